The molecule has 0 radical (unpaired) electrons. The highest BCUT2D eigenvalue weighted by Gasteiger charge is 2.75. The molecule has 0 aliphatic heterocycles. The van der Waals surface area contributed by atoms with E-state index in [0.29, 0.717) is 24.8 Å². The van der Waals surface area contributed by atoms with Crippen molar-refractivity contribution in [3.8, 4) is 0 Å². The van der Waals surface area contributed by atoms with Crippen LogP contribution in [0, 0.1) is 28.6 Å². The molecule has 0 unspecified atom stereocenters. The van der Waals surface area contributed by atoms with Crippen LogP contribution in [-0.4, -0.2) is 80.2 Å². The van der Waals surface area contributed by atoms with E-state index in [-0.39, 0.29) is 18.1 Å². The van der Waals surface area contributed by atoms with E-state index in [4.69, 9.17) is 38.5 Å². The molecule has 4 aliphatic carbocycles. The van der Waals surface area contributed by atoms with Crippen LogP contribution in [0.15, 0.2) is 23.8 Å². The van der Waals surface area contributed by atoms with Crippen molar-refractivity contribution in [1.29, 1.82) is 0 Å². The normalized spacial score (nSPS) is 41.8. The van der Waals surface area contributed by atoms with Crippen LogP contribution in [0.2, 0.25) is 0 Å². The maximum Gasteiger partial charge on any atom is 0.466 e. The first-order chi connectivity index (χ1) is 17.0. The summed E-state index contributed by atoms with van der Waals surface area (Å²) in [7, 11) is -9.28. The van der Waals surface area contributed by atoms with Gasteiger partial charge in [-0.15, -0.1) is 0 Å². The first kappa shape index (κ1) is 33.1. The Morgan fingerprint density at radius 3 is 2.05 bits per heavy atom. The SMILES string of the molecule is C[C@H]1C[C@H]2[C@@H]3CCC4=CC(=O)C=C[C@]4(C)[C@@]3(F)[C@@H](O)C[C@]2(C)[C@@]1(O)C(=O)CO.O=P(O)(O)O.O=P(O)(O)O. The molecule has 0 saturated heterocycles. The number of Topliss-reactive ketones (excluding diaryl/α,β-unsaturated/α-hetero) is 1. The lowest BCUT2D eigenvalue weighted by Crippen LogP contribution is -2.69. The van der Waals surface area contributed by atoms with Crippen molar-refractivity contribution in [3.05, 3.63) is 23.8 Å². The Balaban J connectivity index is 0.000000435. The smallest absolute Gasteiger partial charge is 0.390 e. The number of hydrogen-bond acceptors (Lipinski definition) is 7. The number of aliphatic hydroxyl groups is 3. The van der Waals surface area contributed by atoms with Crippen molar-refractivity contribution in [2.75, 3.05) is 6.61 Å². The average Bonchev–Trinajstić information content (AvgIpc) is 2.94. The summed E-state index contributed by atoms with van der Waals surface area (Å²) in [4.78, 5) is 67.5. The zero-order valence-corrected chi connectivity index (χ0v) is 22.8. The molecule has 218 valence electrons. The fourth-order valence-electron chi connectivity index (χ4n) is 7.26. The number of rotatable bonds is 2. The van der Waals surface area contributed by atoms with Crippen molar-refractivity contribution in [2.45, 2.75) is 63.8 Å². The van der Waals surface area contributed by atoms with Crippen molar-refractivity contribution in [1.82, 2.24) is 0 Å². The molecule has 0 bridgehead atoms. The molecular formula is C22H35FO13P2. The van der Waals surface area contributed by atoms with Gasteiger partial charge in [0.05, 0.1) is 6.10 Å². The predicted octanol–water partition coefficient (Wildman–Crippen LogP) is 0.0385. The molecule has 9 N–H and O–H groups in total. The number of carbonyl (C=O) groups is 2. The van der Waals surface area contributed by atoms with Crippen LogP contribution in [0.25, 0.3) is 0 Å². The standard InChI is InChI=1S/C22H29FO5.2H3O4P/c1-12-8-16-15-5-4-13-9-14(25)6-7-19(13,2)21(15,23)17(26)10-20(16,3)22(12,28)18(27)11-24;2*1-5(2,3)4/h6-7,9,12,15-17,24,26,28H,4-5,8,10-11H2,1-3H3;2*(H3,1,2,3,4)/t12-,15-,16-,17-,19-,20-,21-,22-;;/m0../s1. The third-order valence-electron chi connectivity index (χ3n) is 8.79. The fraction of sp³-hybridized carbons (Fsp3) is 0.727. The van der Waals surface area contributed by atoms with Gasteiger partial charge in [0.1, 0.15) is 12.2 Å². The molecule has 4 rings (SSSR count). The van der Waals surface area contributed by atoms with Crippen LogP contribution in [0.1, 0.15) is 46.5 Å². The molecule has 0 spiro atoms. The second-order valence-electron chi connectivity index (χ2n) is 10.8. The second-order valence-corrected chi connectivity index (χ2v) is 12.8. The number of ketones is 2. The largest absolute Gasteiger partial charge is 0.466 e. The lowest BCUT2D eigenvalue weighted by atomic mass is 9.44. The lowest BCUT2D eigenvalue weighted by Gasteiger charge is -2.62. The van der Waals surface area contributed by atoms with E-state index in [2.05, 4.69) is 0 Å². The Morgan fingerprint density at radius 1 is 1.08 bits per heavy atom. The number of allylic oxidation sites excluding steroid dienone is 4. The Morgan fingerprint density at radius 2 is 1.58 bits per heavy atom. The molecule has 4 aliphatic rings. The second kappa shape index (κ2) is 10.7. The molecule has 3 fully saturated rings. The maximum absolute atomic E-state index is 16.9. The molecule has 0 aromatic rings. The highest BCUT2D eigenvalue weighted by atomic mass is 31.2. The molecule has 8 atom stereocenters. The van der Waals surface area contributed by atoms with E-state index in [1.54, 1.807) is 26.8 Å². The zero-order chi connectivity index (χ0) is 29.7. The highest BCUT2D eigenvalue weighted by molar-refractivity contribution is 7.45. The quantitative estimate of drug-likeness (QED) is 0.194. The van der Waals surface area contributed by atoms with Crippen molar-refractivity contribution in [3.63, 3.8) is 0 Å². The van der Waals surface area contributed by atoms with Crippen molar-refractivity contribution >= 4 is 27.2 Å². The third kappa shape index (κ3) is 5.82. The average molecular weight is 588 g/mol. The third-order valence-corrected chi connectivity index (χ3v) is 8.79. The highest BCUT2D eigenvalue weighted by Crippen LogP contribution is 2.70. The van der Waals surface area contributed by atoms with Crippen LogP contribution in [0.3, 0.4) is 0 Å². The van der Waals surface area contributed by atoms with Gasteiger partial charge in [0, 0.05) is 16.7 Å². The minimum Gasteiger partial charge on any atom is -0.390 e. The number of carbonyl (C=O) groups excluding carboxylic acids is 2. The van der Waals surface area contributed by atoms with E-state index in [1.807, 2.05) is 0 Å². The summed E-state index contributed by atoms with van der Waals surface area (Å²) in [6, 6.07) is 0. The summed E-state index contributed by atoms with van der Waals surface area (Å²) in [6.07, 6.45) is 4.44. The number of fused-ring (bicyclic) bond motifs is 5. The lowest BCUT2D eigenvalue weighted by molar-refractivity contribution is -0.219. The molecule has 3 saturated carbocycles. The van der Waals surface area contributed by atoms with Crippen LogP contribution >= 0.6 is 15.6 Å². The van der Waals surface area contributed by atoms with Gasteiger partial charge in [-0.2, -0.15) is 0 Å². The van der Waals surface area contributed by atoms with Gasteiger partial charge in [-0.05, 0) is 56.6 Å². The maximum atomic E-state index is 16.9. The first-order valence-electron chi connectivity index (χ1n) is 11.7. The van der Waals surface area contributed by atoms with Crippen molar-refractivity contribution in [2.24, 2.45) is 28.6 Å². The van der Waals surface area contributed by atoms with E-state index in [0.717, 1.165) is 0 Å². The van der Waals surface area contributed by atoms with Crippen LogP contribution in [-0.2, 0) is 18.7 Å². The first-order valence-corrected chi connectivity index (χ1v) is 14.8. The van der Waals surface area contributed by atoms with E-state index < -0.39 is 68.1 Å². The Labute approximate surface area is 218 Å². The Bertz CT molecular complexity index is 1080. The molecule has 0 heterocycles. The molecule has 16 heteroatoms. The topological polar surface area (TPSA) is 250 Å². The van der Waals surface area contributed by atoms with E-state index in [9.17, 15) is 24.9 Å². The number of alkyl halides is 1. The van der Waals surface area contributed by atoms with E-state index in [1.165, 1.54) is 12.2 Å². The van der Waals surface area contributed by atoms with Gasteiger partial charge in [-0.3, -0.25) is 9.59 Å². The van der Waals surface area contributed by atoms with Gasteiger partial charge in [0.2, 0.25) is 0 Å². The summed E-state index contributed by atoms with van der Waals surface area (Å²) in [5, 5.41) is 32.0. The van der Waals surface area contributed by atoms with E-state index >= 15 is 4.39 Å². The van der Waals surface area contributed by atoms with Gasteiger partial charge in [-0.25, -0.2) is 13.5 Å². The minimum atomic E-state index is -4.64. The van der Waals surface area contributed by atoms with Gasteiger partial charge < -0.3 is 44.7 Å². The minimum absolute atomic E-state index is 0.0676. The summed E-state index contributed by atoms with van der Waals surface area (Å²) in [5.41, 5.74) is -5.17. The molecule has 0 amide bonds. The van der Waals surface area contributed by atoms with Crippen molar-refractivity contribution < 1.29 is 67.8 Å². The molecule has 13 nitrogen and oxygen atoms in total. The molecular weight excluding hydrogens is 553 g/mol. The Hall–Kier alpha value is -1.15. The summed E-state index contributed by atoms with van der Waals surface area (Å²) in [5.74, 6) is -2.12. The fourth-order valence-corrected chi connectivity index (χ4v) is 7.26. The molecule has 0 aromatic carbocycles. The van der Waals surface area contributed by atoms with Gasteiger partial charge in [-0.1, -0.05) is 25.5 Å². The summed E-state index contributed by atoms with van der Waals surface area (Å²) >= 11 is 0. The number of phosphoric acid groups is 2. The van der Waals surface area contributed by atoms with Crippen LogP contribution < -0.4 is 0 Å². The van der Waals surface area contributed by atoms with Gasteiger partial charge in [0.25, 0.3) is 0 Å². The number of hydrogen-bond donors (Lipinski definition) is 9. The summed E-state index contributed by atoms with van der Waals surface area (Å²) < 4.78 is 34.6. The molecule has 0 aromatic heterocycles. The number of aliphatic hydroxyl groups excluding tert-OH is 2. The monoisotopic (exact) mass is 588 g/mol. The Kier molecular flexibility index (Phi) is 9.29. The predicted molar refractivity (Wildman–Crippen MR) is 128 cm³/mol. The van der Waals surface area contributed by atoms with Crippen LogP contribution in [0.5, 0.6) is 0 Å². The summed E-state index contributed by atoms with van der Waals surface area (Å²) in [6.45, 7) is 4.48. The van der Waals surface area contributed by atoms with Gasteiger partial charge >= 0.3 is 15.6 Å². The van der Waals surface area contributed by atoms with Gasteiger partial charge in [0.15, 0.2) is 17.2 Å². The van der Waals surface area contributed by atoms with Crippen LogP contribution in [0.4, 0.5) is 4.39 Å². The molecule has 38 heavy (non-hydrogen) atoms. The zero-order valence-electron chi connectivity index (χ0n) is 21.0. The number of halogens is 1.